The Balaban J connectivity index is 2.16. The molecule has 2 aromatic carbocycles. The number of fused-ring (bicyclic) bond motifs is 1. The van der Waals surface area contributed by atoms with Crippen LogP contribution in [0.15, 0.2) is 60.7 Å². The van der Waals surface area contributed by atoms with Gasteiger partial charge in [-0.15, -0.1) is 0 Å². The number of carbonyl (C=O) groups excluding carboxylic acids is 3. The van der Waals surface area contributed by atoms with E-state index in [-0.39, 0.29) is 28.1 Å². The van der Waals surface area contributed by atoms with Crippen LogP contribution in [0.25, 0.3) is 16.6 Å². The summed E-state index contributed by atoms with van der Waals surface area (Å²) in [6.07, 6.45) is 0. The van der Waals surface area contributed by atoms with Gasteiger partial charge in [-0.2, -0.15) is 0 Å². The number of nitro groups is 1. The summed E-state index contributed by atoms with van der Waals surface area (Å²) in [6, 6.07) is 16.5. The SMILES string of the molecule is COC(=O)c1c(C(=O)OC)c2c(C)c(-c3ccccc3)cc(C)n2c1C(=O)c1cccc([N+](=O)[O-])c1. The Morgan fingerprint density at radius 1 is 0.861 bits per heavy atom. The van der Waals surface area contributed by atoms with Crippen molar-refractivity contribution in [2.45, 2.75) is 13.8 Å². The Hall–Kier alpha value is -4.79. The van der Waals surface area contributed by atoms with E-state index in [4.69, 9.17) is 9.47 Å². The number of ketones is 1. The fourth-order valence-corrected chi connectivity index (χ4v) is 4.42. The van der Waals surface area contributed by atoms with Gasteiger partial charge in [0.2, 0.25) is 5.78 Å². The van der Waals surface area contributed by atoms with Crippen molar-refractivity contribution in [1.82, 2.24) is 4.40 Å². The van der Waals surface area contributed by atoms with Crippen molar-refractivity contribution in [2.24, 2.45) is 0 Å². The lowest BCUT2D eigenvalue weighted by atomic mass is 9.98. The van der Waals surface area contributed by atoms with Crippen molar-refractivity contribution in [3.8, 4) is 11.1 Å². The third-order valence-electron chi connectivity index (χ3n) is 6.03. The molecule has 2 heterocycles. The molecule has 36 heavy (non-hydrogen) atoms. The van der Waals surface area contributed by atoms with E-state index in [1.165, 1.54) is 29.7 Å². The lowest BCUT2D eigenvalue weighted by Gasteiger charge is -2.14. The van der Waals surface area contributed by atoms with E-state index in [1.807, 2.05) is 36.4 Å². The second-order valence-electron chi connectivity index (χ2n) is 8.09. The second kappa shape index (κ2) is 9.46. The van der Waals surface area contributed by atoms with Crippen LogP contribution < -0.4 is 0 Å². The van der Waals surface area contributed by atoms with E-state index in [1.54, 1.807) is 13.8 Å². The van der Waals surface area contributed by atoms with Crippen molar-refractivity contribution < 1.29 is 28.8 Å². The zero-order valence-corrected chi connectivity index (χ0v) is 20.0. The summed E-state index contributed by atoms with van der Waals surface area (Å²) >= 11 is 0. The summed E-state index contributed by atoms with van der Waals surface area (Å²) in [5, 5.41) is 11.3. The number of carbonyl (C=O) groups is 3. The van der Waals surface area contributed by atoms with Crippen LogP contribution in [-0.2, 0) is 9.47 Å². The van der Waals surface area contributed by atoms with Crippen molar-refractivity contribution in [2.75, 3.05) is 14.2 Å². The topological polar surface area (TPSA) is 117 Å². The first kappa shape index (κ1) is 24.3. The minimum Gasteiger partial charge on any atom is -0.465 e. The number of nitrogens with zero attached hydrogens (tertiary/aromatic N) is 2. The van der Waals surface area contributed by atoms with E-state index in [9.17, 15) is 24.5 Å². The molecule has 0 unspecified atom stereocenters. The van der Waals surface area contributed by atoms with Crippen molar-refractivity contribution in [3.05, 3.63) is 104 Å². The molecule has 0 amide bonds. The highest BCUT2D eigenvalue weighted by molar-refractivity contribution is 6.20. The van der Waals surface area contributed by atoms with Crippen LogP contribution in [0.4, 0.5) is 5.69 Å². The number of ether oxygens (including phenoxy) is 2. The van der Waals surface area contributed by atoms with E-state index >= 15 is 0 Å². The molecule has 0 aliphatic carbocycles. The molecule has 4 rings (SSSR count). The molecule has 182 valence electrons. The predicted molar refractivity (Wildman–Crippen MR) is 132 cm³/mol. The van der Waals surface area contributed by atoms with Crippen LogP contribution in [0.1, 0.15) is 48.0 Å². The molecule has 4 aromatic rings. The van der Waals surface area contributed by atoms with Crippen LogP contribution in [0.5, 0.6) is 0 Å². The molecule has 0 saturated carbocycles. The molecule has 2 aromatic heterocycles. The van der Waals surface area contributed by atoms with Gasteiger partial charge in [-0.25, -0.2) is 9.59 Å². The third-order valence-corrected chi connectivity index (χ3v) is 6.03. The second-order valence-corrected chi connectivity index (χ2v) is 8.09. The van der Waals surface area contributed by atoms with E-state index in [2.05, 4.69) is 0 Å². The Bertz CT molecular complexity index is 1550. The maximum absolute atomic E-state index is 13.8. The van der Waals surface area contributed by atoms with Gasteiger partial charge < -0.3 is 13.9 Å². The lowest BCUT2D eigenvalue weighted by Crippen LogP contribution is -2.15. The molecule has 0 aliphatic heterocycles. The Labute approximate surface area is 206 Å². The molecule has 0 N–H and O–H groups in total. The average Bonchev–Trinajstić information content (AvgIpc) is 3.27. The molecule has 9 nitrogen and oxygen atoms in total. The highest BCUT2D eigenvalue weighted by Gasteiger charge is 2.35. The smallest absolute Gasteiger partial charge is 0.341 e. The molecule has 0 atom stereocenters. The minimum absolute atomic E-state index is 0.0191. The van der Waals surface area contributed by atoms with Gasteiger partial charge in [0.05, 0.1) is 24.7 Å². The molecular formula is C27H22N2O7. The number of methoxy groups -OCH3 is 2. The third kappa shape index (κ3) is 3.90. The van der Waals surface area contributed by atoms with Gasteiger partial charge in [-0.3, -0.25) is 14.9 Å². The summed E-state index contributed by atoms with van der Waals surface area (Å²) in [7, 11) is 2.32. The van der Waals surface area contributed by atoms with Gasteiger partial charge in [0.1, 0.15) is 16.8 Å². The molecular weight excluding hydrogens is 464 g/mol. The number of benzene rings is 2. The Morgan fingerprint density at radius 3 is 2.11 bits per heavy atom. The van der Waals surface area contributed by atoms with Crippen LogP contribution in [0.3, 0.4) is 0 Å². The molecule has 0 aliphatic rings. The van der Waals surface area contributed by atoms with E-state index in [0.717, 1.165) is 24.3 Å². The molecule has 0 fully saturated rings. The minimum atomic E-state index is -0.909. The standard InChI is InChI=1S/C27H22N2O7/c1-15-13-20(17-9-6-5-7-10-17)16(2)23-21(26(31)35-3)22(27(32)36-4)24(28(15)23)25(30)18-11-8-12-19(14-18)29(33)34/h5-14H,1-4H3. The number of aryl methyl sites for hydroxylation is 2. The molecule has 0 bridgehead atoms. The van der Waals surface area contributed by atoms with Gasteiger partial charge in [-0.1, -0.05) is 42.5 Å². The maximum atomic E-state index is 13.8. The van der Waals surface area contributed by atoms with E-state index < -0.39 is 22.6 Å². The number of rotatable bonds is 6. The summed E-state index contributed by atoms with van der Waals surface area (Å²) in [6.45, 7) is 3.53. The first-order valence-corrected chi connectivity index (χ1v) is 10.9. The van der Waals surface area contributed by atoms with Crippen LogP contribution in [0.2, 0.25) is 0 Å². The van der Waals surface area contributed by atoms with Crippen molar-refractivity contribution in [3.63, 3.8) is 0 Å². The van der Waals surface area contributed by atoms with Gasteiger partial charge in [-0.05, 0) is 36.6 Å². The van der Waals surface area contributed by atoms with Crippen LogP contribution >= 0.6 is 0 Å². The molecule has 0 radical (unpaired) electrons. The number of hydrogen-bond donors (Lipinski definition) is 0. The van der Waals surface area contributed by atoms with Gasteiger partial charge >= 0.3 is 11.9 Å². The average molecular weight is 486 g/mol. The number of non-ortho nitro benzene ring substituents is 1. The van der Waals surface area contributed by atoms with Crippen molar-refractivity contribution in [1.29, 1.82) is 0 Å². The highest BCUT2D eigenvalue weighted by Crippen LogP contribution is 2.36. The maximum Gasteiger partial charge on any atom is 0.341 e. The normalized spacial score (nSPS) is 10.8. The molecule has 0 saturated heterocycles. The monoisotopic (exact) mass is 486 g/mol. The fraction of sp³-hybridized carbons (Fsp3) is 0.148. The van der Waals surface area contributed by atoms with Crippen molar-refractivity contribution >= 4 is 28.9 Å². The number of esters is 2. The number of nitro benzene ring substituents is 1. The summed E-state index contributed by atoms with van der Waals surface area (Å²) < 4.78 is 11.5. The van der Waals surface area contributed by atoms with Gasteiger partial charge in [0.25, 0.3) is 5.69 Å². The predicted octanol–water partition coefficient (Wildman–Crippen LogP) is 4.94. The number of pyridine rings is 1. The van der Waals surface area contributed by atoms with Crippen LogP contribution in [0, 0.1) is 24.0 Å². The number of hydrogen-bond acceptors (Lipinski definition) is 7. The van der Waals surface area contributed by atoms with Gasteiger partial charge in [0, 0.05) is 23.4 Å². The lowest BCUT2D eigenvalue weighted by molar-refractivity contribution is -0.384. The molecule has 9 heteroatoms. The summed E-state index contributed by atoms with van der Waals surface area (Å²) in [5.74, 6) is -2.41. The largest absolute Gasteiger partial charge is 0.465 e. The first-order valence-electron chi connectivity index (χ1n) is 10.9. The first-order chi connectivity index (χ1) is 17.2. The van der Waals surface area contributed by atoms with Crippen LogP contribution in [-0.4, -0.2) is 41.3 Å². The number of aromatic nitrogens is 1. The highest BCUT2D eigenvalue weighted by atomic mass is 16.6. The van der Waals surface area contributed by atoms with Gasteiger partial charge in [0.15, 0.2) is 0 Å². The summed E-state index contributed by atoms with van der Waals surface area (Å²) in [5.41, 5.74) is 2.36. The molecule has 0 spiro atoms. The zero-order valence-electron chi connectivity index (χ0n) is 20.0. The Morgan fingerprint density at radius 2 is 1.50 bits per heavy atom. The van der Waals surface area contributed by atoms with E-state index in [0.29, 0.717) is 16.8 Å². The fourth-order valence-electron chi connectivity index (χ4n) is 4.42. The Kier molecular flexibility index (Phi) is 6.39. The summed E-state index contributed by atoms with van der Waals surface area (Å²) in [4.78, 5) is 50.6. The quantitative estimate of drug-likeness (QED) is 0.164. The zero-order chi connectivity index (χ0) is 26.1.